The van der Waals surface area contributed by atoms with Crippen molar-refractivity contribution in [3.05, 3.63) is 60.2 Å². The van der Waals surface area contributed by atoms with Crippen molar-refractivity contribution in [2.75, 3.05) is 9.80 Å². The maximum Gasteiger partial charge on any atom is 0.230 e. The third-order valence-corrected chi connectivity index (χ3v) is 5.37. The quantitative estimate of drug-likeness (QED) is 0.734. The number of para-hydroxylation sites is 2. The lowest BCUT2D eigenvalue weighted by atomic mass is 9.88. The van der Waals surface area contributed by atoms with Gasteiger partial charge in [-0.05, 0) is 37.1 Å². The lowest BCUT2D eigenvalue weighted by Crippen LogP contribution is -2.49. The molecule has 3 rings (SSSR count). The summed E-state index contributed by atoms with van der Waals surface area (Å²) in [6.07, 6.45) is 0.711. The van der Waals surface area contributed by atoms with Gasteiger partial charge in [0.15, 0.2) is 0 Å². The van der Waals surface area contributed by atoms with Crippen molar-refractivity contribution in [3.8, 4) is 0 Å². The molecular formula is C24H30N2O2. The van der Waals surface area contributed by atoms with Crippen LogP contribution in [0.15, 0.2) is 54.6 Å². The minimum atomic E-state index is -0.113. The van der Waals surface area contributed by atoms with Crippen LogP contribution in [-0.4, -0.2) is 17.9 Å². The van der Waals surface area contributed by atoms with E-state index in [-0.39, 0.29) is 35.7 Å². The van der Waals surface area contributed by atoms with E-state index in [1.807, 2.05) is 86.0 Å². The molecule has 0 N–H and O–H groups in total. The van der Waals surface area contributed by atoms with Crippen LogP contribution in [0.4, 0.5) is 11.4 Å². The summed E-state index contributed by atoms with van der Waals surface area (Å²) in [5.41, 5.74) is 2.85. The molecule has 2 aromatic carbocycles. The zero-order valence-corrected chi connectivity index (χ0v) is 17.4. The van der Waals surface area contributed by atoms with Crippen molar-refractivity contribution in [1.82, 2.24) is 0 Å². The fourth-order valence-corrected chi connectivity index (χ4v) is 3.97. The zero-order valence-electron chi connectivity index (χ0n) is 17.4. The topological polar surface area (TPSA) is 40.6 Å². The maximum atomic E-state index is 13.2. The van der Waals surface area contributed by atoms with Gasteiger partial charge in [-0.1, -0.05) is 64.1 Å². The molecule has 2 amide bonds. The molecule has 0 fully saturated rings. The lowest BCUT2D eigenvalue weighted by molar-refractivity contribution is -0.122. The van der Waals surface area contributed by atoms with Gasteiger partial charge in [-0.15, -0.1) is 0 Å². The van der Waals surface area contributed by atoms with E-state index in [9.17, 15) is 9.59 Å². The Balaban J connectivity index is 2.13. The molecule has 0 saturated carbocycles. The second-order valence-corrected chi connectivity index (χ2v) is 8.22. The normalized spacial score (nSPS) is 18.9. The number of anilines is 2. The summed E-state index contributed by atoms with van der Waals surface area (Å²) in [6.45, 7) is 9.81. The fraction of sp³-hybridized carbons (Fsp3) is 0.417. The lowest BCUT2D eigenvalue weighted by Gasteiger charge is -2.44. The molecule has 28 heavy (non-hydrogen) atoms. The first-order valence-corrected chi connectivity index (χ1v) is 10.1. The molecule has 0 saturated heterocycles. The van der Waals surface area contributed by atoms with Gasteiger partial charge in [0.25, 0.3) is 0 Å². The van der Waals surface area contributed by atoms with Gasteiger partial charge in [-0.25, -0.2) is 0 Å². The zero-order chi connectivity index (χ0) is 20.4. The second-order valence-electron chi connectivity index (χ2n) is 8.22. The number of amides is 2. The number of hydrogen-bond donors (Lipinski definition) is 0. The highest BCUT2D eigenvalue weighted by Gasteiger charge is 2.39. The molecule has 148 valence electrons. The number of hydrogen-bond acceptors (Lipinski definition) is 2. The highest BCUT2D eigenvalue weighted by atomic mass is 16.2. The van der Waals surface area contributed by atoms with Crippen molar-refractivity contribution in [2.45, 2.75) is 53.1 Å². The molecule has 1 heterocycles. The standard InChI is InChI=1S/C24H30N2O2/c1-16(2)23(27)25-18(5)15-22(20-13-9-10-14-21(20)25)26(24(28)17(3)4)19-11-7-6-8-12-19/h6-14,16-18,22H,15H2,1-5H3/t18-,22+/m1/s1. The monoisotopic (exact) mass is 378 g/mol. The molecule has 0 aliphatic carbocycles. The average Bonchev–Trinajstić information content (AvgIpc) is 2.68. The molecule has 0 spiro atoms. The van der Waals surface area contributed by atoms with Gasteiger partial charge in [0.1, 0.15) is 0 Å². The number of carbonyl (C=O) groups is 2. The Morgan fingerprint density at radius 2 is 1.54 bits per heavy atom. The number of fused-ring (bicyclic) bond motifs is 1. The van der Waals surface area contributed by atoms with Crippen molar-refractivity contribution in [2.24, 2.45) is 11.8 Å². The van der Waals surface area contributed by atoms with E-state index < -0.39 is 0 Å². The summed E-state index contributed by atoms with van der Waals surface area (Å²) in [5.74, 6) is 0.0364. The Hall–Kier alpha value is -2.62. The largest absolute Gasteiger partial charge is 0.309 e. The average molecular weight is 379 g/mol. The summed E-state index contributed by atoms with van der Waals surface area (Å²) in [4.78, 5) is 30.0. The molecule has 2 aromatic rings. The molecule has 1 aliphatic rings. The minimum Gasteiger partial charge on any atom is -0.309 e. The Morgan fingerprint density at radius 1 is 0.929 bits per heavy atom. The minimum absolute atomic E-state index is 0.0148. The van der Waals surface area contributed by atoms with E-state index in [0.29, 0.717) is 6.42 Å². The first-order valence-electron chi connectivity index (χ1n) is 10.1. The first kappa shape index (κ1) is 20.1. The van der Waals surface area contributed by atoms with Crippen LogP contribution in [0, 0.1) is 11.8 Å². The summed E-state index contributed by atoms with van der Waals surface area (Å²) in [5, 5.41) is 0. The van der Waals surface area contributed by atoms with Gasteiger partial charge in [0.2, 0.25) is 11.8 Å². The van der Waals surface area contributed by atoms with Crippen LogP contribution in [0.25, 0.3) is 0 Å². The van der Waals surface area contributed by atoms with Crippen molar-refractivity contribution in [3.63, 3.8) is 0 Å². The van der Waals surface area contributed by atoms with E-state index in [1.165, 1.54) is 0 Å². The SMILES string of the molecule is CC(C)C(=O)N1c2ccccc2[C@@H](N(C(=O)C(C)C)c2ccccc2)C[C@H]1C. The van der Waals surface area contributed by atoms with Crippen LogP contribution in [0.3, 0.4) is 0 Å². The Kier molecular flexibility index (Phi) is 5.87. The molecule has 0 bridgehead atoms. The van der Waals surface area contributed by atoms with Gasteiger partial charge in [-0.3, -0.25) is 9.59 Å². The Bertz CT molecular complexity index is 845. The van der Waals surface area contributed by atoms with Gasteiger partial charge < -0.3 is 9.80 Å². The van der Waals surface area contributed by atoms with Crippen LogP contribution in [0.2, 0.25) is 0 Å². The highest BCUT2D eigenvalue weighted by Crippen LogP contribution is 2.43. The van der Waals surface area contributed by atoms with E-state index >= 15 is 0 Å². The van der Waals surface area contributed by atoms with Crippen LogP contribution in [0.1, 0.15) is 52.6 Å². The molecule has 4 nitrogen and oxygen atoms in total. The Labute approximate surface area is 168 Å². The molecule has 1 aliphatic heterocycles. The molecule has 2 atom stereocenters. The van der Waals surface area contributed by atoms with Crippen molar-refractivity contribution < 1.29 is 9.59 Å². The van der Waals surface area contributed by atoms with E-state index in [4.69, 9.17) is 0 Å². The molecule has 0 aromatic heterocycles. The molecule has 0 unspecified atom stereocenters. The third-order valence-electron chi connectivity index (χ3n) is 5.37. The van der Waals surface area contributed by atoms with E-state index in [0.717, 1.165) is 16.9 Å². The first-order chi connectivity index (χ1) is 13.3. The summed E-state index contributed by atoms with van der Waals surface area (Å²) < 4.78 is 0. The number of carbonyl (C=O) groups excluding carboxylic acids is 2. The van der Waals surface area contributed by atoms with Crippen LogP contribution < -0.4 is 9.80 Å². The summed E-state index contributed by atoms with van der Waals surface area (Å²) in [6, 6.07) is 17.8. The summed E-state index contributed by atoms with van der Waals surface area (Å²) >= 11 is 0. The number of rotatable bonds is 4. The van der Waals surface area contributed by atoms with Gasteiger partial charge in [0, 0.05) is 29.3 Å². The smallest absolute Gasteiger partial charge is 0.230 e. The van der Waals surface area contributed by atoms with E-state index in [2.05, 4.69) is 13.0 Å². The maximum absolute atomic E-state index is 13.2. The van der Waals surface area contributed by atoms with Crippen LogP contribution in [0.5, 0.6) is 0 Å². The molecular weight excluding hydrogens is 348 g/mol. The molecule has 4 heteroatoms. The van der Waals surface area contributed by atoms with Crippen molar-refractivity contribution in [1.29, 1.82) is 0 Å². The molecule has 0 radical (unpaired) electrons. The van der Waals surface area contributed by atoms with Gasteiger partial charge in [-0.2, -0.15) is 0 Å². The fourth-order valence-electron chi connectivity index (χ4n) is 3.97. The predicted molar refractivity (Wildman–Crippen MR) is 114 cm³/mol. The number of nitrogens with zero attached hydrogens (tertiary/aromatic N) is 2. The van der Waals surface area contributed by atoms with Crippen LogP contribution >= 0.6 is 0 Å². The Morgan fingerprint density at radius 3 is 2.14 bits per heavy atom. The summed E-state index contributed by atoms with van der Waals surface area (Å²) in [7, 11) is 0. The van der Waals surface area contributed by atoms with Gasteiger partial charge in [0.05, 0.1) is 6.04 Å². The van der Waals surface area contributed by atoms with Crippen LogP contribution in [-0.2, 0) is 9.59 Å². The highest BCUT2D eigenvalue weighted by molar-refractivity contribution is 5.99. The number of benzene rings is 2. The third kappa shape index (κ3) is 3.68. The van der Waals surface area contributed by atoms with Gasteiger partial charge >= 0.3 is 0 Å². The van der Waals surface area contributed by atoms with Crippen molar-refractivity contribution >= 4 is 23.2 Å². The van der Waals surface area contributed by atoms with E-state index in [1.54, 1.807) is 0 Å². The second kappa shape index (κ2) is 8.17. The predicted octanol–water partition coefficient (Wildman–Crippen LogP) is 5.20.